The van der Waals surface area contributed by atoms with Crippen LogP contribution < -0.4 is 10.6 Å². The van der Waals surface area contributed by atoms with E-state index >= 15 is 0 Å². The molecule has 1 aliphatic carbocycles. The smallest absolute Gasteiger partial charge is 0.308 e. The maximum absolute atomic E-state index is 12.8. The third-order valence-corrected chi connectivity index (χ3v) is 5.47. The predicted molar refractivity (Wildman–Crippen MR) is 108 cm³/mol. The lowest BCUT2D eigenvalue weighted by atomic mass is 9.94. The Morgan fingerprint density at radius 3 is 2.18 bits per heavy atom. The van der Waals surface area contributed by atoms with Crippen molar-refractivity contribution in [3.63, 3.8) is 0 Å². The normalized spacial score (nSPS) is 16.8. The van der Waals surface area contributed by atoms with Crippen LogP contribution in [0.5, 0.6) is 0 Å². The van der Waals surface area contributed by atoms with E-state index in [1.54, 1.807) is 42.5 Å². The molecule has 0 saturated heterocycles. The largest absolute Gasteiger partial charge is 0.323 e. The zero-order valence-corrected chi connectivity index (χ0v) is 16.0. The van der Waals surface area contributed by atoms with Crippen LogP contribution in [0.15, 0.2) is 42.5 Å². The summed E-state index contributed by atoms with van der Waals surface area (Å²) in [6, 6.07) is 11.1. The van der Waals surface area contributed by atoms with Gasteiger partial charge >= 0.3 is 6.03 Å². The van der Waals surface area contributed by atoms with Crippen LogP contribution >= 0.6 is 11.6 Å². The molecule has 7 heteroatoms. The first-order valence-electron chi connectivity index (χ1n) is 9.38. The van der Waals surface area contributed by atoms with Crippen LogP contribution in [-0.2, 0) is 0 Å². The lowest BCUT2D eigenvalue weighted by Gasteiger charge is -2.29. The van der Waals surface area contributed by atoms with Gasteiger partial charge < -0.3 is 10.6 Å². The van der Waals surface area contributed by atoms with E-state index in [2.05, 4.69) is 10.6 Å². The molecule has 0 atom stereocenters. The van der Waals surface area contributed by atoms with E-state index in [-0.39, 0.29) is 17.9 Å². The Morgan fingerprint density at radius 2 is 1.46 bits per heavy atom. The Balaban J connectivity index is 1.48. The van der Waals surface area contributed by atoms with Gasteiger partial charge in [0.25, 0.3) is 11.8 Å². The average Bonchev–Trinajstić information content (AvgIpc) is 2.94. The second-order valence-corrected chi connectivity index (χ2v) is 7.55. The van der Waals surface area contributed by atoms with Crippen LogP contribution in [0.4, 0.5) is 16.2 Å². The fourth-order valence-electron chi connectivity index (χ4n) is 3.83. The number of halogens is 1. The van der Waals surface area contributed by atoms with Gasteiger partial charge in [-0.15, -0.1) is 0 Å². The molecule has 1 saturated carbocycles. The maximum atomic E-state index is 12.8. The van der Waals surface area contributed by atoms with E-state index < -0.39 is 6.03 Å². The fraction of sp³-hybridized carbons (Fsp3) is 0.286. The first-order chi connectivity index (χ1) is 13.5. The standard InChI is InChI=1S/C21H20ClN3O3/c22-13-6-8-14(9-7-13)23-21(28)24-15-10-11-17-18(12-15)20(27)25(19(17)26)16-4-2-1-3-5-16/h6-12,16H,1-5H2,(H2,23,24,28). The Bertz CT molecular complexity index is 936. The van der Waals surface area contributed by atoms with Gasteiger partial charge in [0.05, 0.1) is 11.1 Å². The number of nitrogens with zero attached hydrogens (tertiary/aromatic N) is 1. The highest BCUT2D eigenvalue weighted by Crippen LogP contribution is 2.32. The number of carbonyl (C=O) groups is 3. The van der Waals surface area contributed by atoms with Gasteiger partial charge in [0.1, 0.15) is 0 Å². The fourth-order valence-corrected chi connectivity index (χ4v) is 3.96. The van der Waals surface area contributed by atoms with Crippen molar-refractivity contribution in [1.82, 2.24) is 4.90 Å². The number of imide groups is 1. The molecule has 2 aromatic carbocycles. The summed E-state index contributed by atoms with van der Waals surface area (Å²) in [6.45, 7) is 0. The van der Waals surface area contributed by atoms with Crippen molar-refractivity contribution in [1.29, 1.82) is 0 Å². The molecular weight excluding hydrogens is 378 g/mol. The molecule has 1 aliphatic heterocycles. The van der Waals surface area contributed by atoms with E-state index in [1.807, 2.05) is 0 Å². The maximum Gasteiger partial charge on any atom is 0.323 e. The summed E-state index contributed by atoms with van der Waals surface area (Å²) < 4.78 is 0. The van der Waals surface area contributed by atoms with E-state index in [4.69, 9.17) is 11.6 Å². The molecule has 2 aliphatic rings. The van der Waals surface area contributed by atoms with Crippen molar-refractivity contribution in [2.45, 2.75) is 38.1 Å². The third-order valence-electron chi connectivity index (χ3n) is 5.22. The molecule has 6 nitrogen and oxygen atoms in total. The quantitative estimate of drug-likeness (QED) is 0.722. The molecule has 4 rings (SSSR count). The van der Waals surface area contributed by atoms with Gasteiger partial charge in [-0.2, -0.15) is 0 Å². The molecule has 0 radical (unpaired) electrons. The van der Waals surface area contributed by atoms with Gasteiger partial charge in [-0.05, 0) is 55.3 Å². The van der Waals surface area contributed by atoms with Gasteiger partial charge in [-0.3, -0.25) is 14.5 Å². The summed E-state index contributed by atoms with van der Waals surface area (Å²) in [5.41, 5.74) is 1.80. The van der Waals surface area contributed by atoms with Crippen molar-refractivity contribution in [2.75, 3.05) is 10.6 Å². The minimum absolute atomic E-state index is 0.0224. The Morgan fingerprint density at radius 1 is 0.857 bits per heavy atom. The monoisotopic (exact) mass is 397 g/mol. The Kier molecular flexibility index (Phi) is 5.05. The molecule has 1 fully saturated rings. The van der Waals surface area contributed by atoms with E-state index in [0.29, 0.717) is 27.5 Å². The number of urea groups is 1. The molecule has 4 amide bonds. The van der Waals surface area contributed by atoms with E-state index in [1.165, 1.54) is 4.90 Å². The number of benzene rings is 2. The van der Waals surface area contributed by atoms with Crippen LogP contribution in [0.2, 0.25) is 5.02 Å². The number of fused-ring (bicyclic) bond motifs is 1. The molecule has 1 heterocycles. The number of anilines is 2. The summed E-state index contributed by atoms with van der Waals surface area (Å²) in [7, 11) is 0. The summed E-state index contributed by atoms with van der Waals surface area (Å²) >= 11 is 5.83. The summed E-state index contributed by atoms with van der Waals surface area (Å²) in [5, 5.41) is 5.97. The SMILES string of the molecule is O=C(Nc1ccc(Cl)cc1)Nc1ccc2c(c1)C(=O)N(C1CCCCC1)C2=O. The van der Waals surface area contributed by atoms with Gasteiger partial charge in [-0.25, -0.2) is 4.79 Å². The Hall–Kier alpha value is -2.86. The van der Waals surface area contributed by atoms with Crippen LogP contribution in [0.25, 0.3) is 0 Å². The van der Waals surface area contributed by atoms with E-state index in [0.717, 1.165) is 32.1 Å². The highest BCUT2D eigenvalue weighted by atomic mass is 35.5. The number of hydrogen-bond acceptors (Lipinski definition) is 3. The molecular formula is C21H20ClN3O3. The number of hydrogen-bond donors (Lipinski definition) is 2. The Labute approximate surface area is 167 Å². The van der Waals surface area contributed by atoms with Crippen LogP contribution in [0.3, 0.4) is 0 Å². The number of amides is 4. The highest BCUT2D eigenvalue weighted by molar-refractivity contribution is 6.30. The lowest BCUT2D eigenvalue weighted by molar-refractivity contribution is 0.0549. The first kappa shape index (κ1) is 18.5. The average molecular weight is 398 g/mol. The molecule has 0 spiro atoms. The molecule has 0 unspecified atom stereocenters. The number of carbonyl (C=O) groups excluding carboxylic acids is 3. The second kappa shape index (κ2) is 7.64. The van der Waals surface area contributed by atoms with Gasteiger partial charge in [-0.1, -0.05) is 30.9 Å². The highest BCUT2D eigenvalue weighted by Gasteiger charge is 2.40. The van der Waals surface area contributed by atoms with Gasteiger partial charge in [0.2, 0.25) is 0 Å². The van der Waals surface area contributed by atoms with Crippen molar-refractivity contribution < 1.29 is 14.4 Å². The first-order valence-corrected chi connectivity index (χ1v) is 9.76. The summed E-state index contributed by atoms with van der Waals surface area (Å²) in [6.07, 6.45) is 4.95. The molecule has 144 valence electrons. The molecule has 2 aromatic rings. The zero-order valence-electron chi connectivity index (χ0n) is 15.2. The second-order valence-electron chi connectivity index (χ2n) is 7.12. The summed E-state index contributed by atoms with van der Waals surface area (Å²) in [5.74, 6) is -0.502. The van der Waals surface area contributed by atoms with Crippen molar-refractivity contribution in [3.05, 3.63) is 58.6 Å². The lowest BCUT2D eigenvalue weighted by Crippen LogP contribution is -2.40. The van der Waals surface area contributed by atoms with Gasteiger partial charge in [0, 0.05) is 22.4 Å². The van der Waals surface area contributed by atoms with Crippen molar-refractivity contribution >= 4 is 40.8 Å². The van der Waals surface area contributed by atoms with E-state index in [9.17, 15) is 14.4 Å². The predicted octanol–water partition coefficient (Wildman–Crippen LogP) is 4.91. The number of nitrogens with one attached hydrogen (secondary N) is 2. The van der Waals surface area contributed by atoms with Gasteiger partial charge in [0.15, 0.2) is 0 Å². The van der Waals surface area contributed by atoms with Crippen molar-refractivity contribution in [2.24, 2.45) is 0 Å². The topological polar surface area (TPSA) is 78.5 Å². The minimum atomic E-state index is -0.441. The minimum Gasteiger partial charge on any atom is -0.308 e. The van der Waals surface area contributed by atoms with Crippen LogP contribution in [0.1, 0.15) is 52.8 Å². The summed E-state index contributed by atoms with van der Waals surface area (Å²) in [4.78, 5) is 39.1. The molecule has 0 aromatic heterocycles. The van der Waals surface area contributed by atoms with Crippen LogP contribution in [-0.4, -0.2) is 28.8 Å². The van der Waals surface area contributed by atoms with Crippen molar-refractivity contribution in [3.8, 4) is 0 Å². The molecule has 28 heavy (non-hydrogen) atoms. The number of rotatable bonds is 3. The van der Waals surface area contributed by atoms with Crippen LogP contribution in [0, 0.1) is 0 Å². The third kappa shape index (κ3) is 3.60. The molecule has 0 bridgehead atoms. The zero-order chi connectivity index (χ0) is 19.7. The molecule has 2 N–H and O–H groups in total.